The number of amides is 1. The van der Waals surface area contributed by atoms with Crippen molar-refractivity contribution < 1.29 is 18.0 Å². The second-order valence-corrected chi connectivity index (χ2v) is 4.09. The second kappa shape index (κ2) is 5.03. The molecule has 1 amide bonds. The van der Waals surface area contributed by atoms with E-state index >= 15 is 0 Å². The van der Waals surface area contributed by atoms with Crippen molar-refractivity contribution >= 4 is 5.91 Å². The highest BCUT2D eigenvalue weighted by Crippen LogP contribution is 2.30. The van der Waals surface area contributed by atoms with E-state index in [9.17, 15) is 18.0 Å². The molecule has 3 nitrogen and oxygen atoms in total. The van der Waals surface area contributed by atoms with E-state index in [0.29, 0.717) is 19.8 Å². The number of halogens is 3. The Bertz CT molecular complexity index is 247. The summed E-state index contributed by atoms with van der Waals surface area (Å²) in [6.07, 6.45) is -3.52. The Kier molecular flexibility index (Phi) is 4.79. The average Bonchev–Trinajstić information content (AvgIpc) is 2.16. The Morgan fingerprint density at radius 1 is 1.31 bits per heavy atom. The summed E-state index contributed by atoms with van der Waals surface area (Å²) in [5.41, 5.74) is 2.25. The van der Waals surface area contributed by atoms with Crippen molar-refractivity contribution in [3.05, 3.63) is 0 Å². The molecule has 0 saturated carbocycles. The first-order valence-corrected chi connectivity index (χ1v) is 5.22. The Labute approximate surface area is 93.8 Å². The maximum atomic E-state index is 12.5. The maximum Gasteiger partial charge on any atom is 0.415 e. The predicted molar refractivity (Wildman–Crippen MR) is 55.8 cm³/mol. The molecule has 0 aliphatic carbocycles. The van der Waals surface area contributed by atoms with Gasteiger partial charge in [0.2, 0.25) is 0 Å². The van der Waals surface area contributed by atoms with Gasteiger partial charge in [0.15, 0.2) is 5.54 Å². The number of rotatable bonds is 4. The van der Waals surface area contributed by atoms with Crippen LogP contribution in [-0.2, 0) is 4.79 Å². The minimum atomic E-state index is -4.73. The normalized spacial score (nSPS) is 16.1. The molecular weight excluding hydrogens is 221 g/mol. The number of nitrogens with two attached hydrogens (primary N) is 1. The molecule has 1 atom stereocenters. The van der Waals surface area contributed by atoms with Gasteiger partial charge in [0.05, 0.1) is 0 Å². The summed E-state index contributed by atoms with van der Waals surface area (Å²) in [4.78, 5) is 12.7. The van der Waals surface area contributed by atoms with Gasteiger partial charge in [-0.15, -0.1) is 0 Å². The van der Waals surface area contributed by atoms with Gasteiger partial charge in [-0.2, -0.15) is 13.2 Å². The number of carbonyl (C=O) groups is 1. The number of nitrogens with zero attached hydrogens (tertiary/aromatic N) is 1. The van der Waals surface area contributed by atoms with E-state index in [2.05, 4.69) is 0 Å². The van der Waals surface area contributed by atoms with E-state index in [4.69, 9.17) is 5.73 Å². The molecule has 0 aromatic carbocycles. The molecule has 2 N–H and O–H groups in total. The van der Waals surface area contributed by atoms with Gasteiger partial charge in [-0.3, -0.25) is 4.79 Å². The summed E-state index contributed by atoms with van der Waals surface area (Å²) >= 11 is 0. The van der Waals surface area contributed by atoms with Crippen LogP contribution in [0.25, 0.3) is 0 Å². The van der Waals surface area contributed by atoms with Gasteiger partial charge in [-0.05, 0) is 19.8 Å². The SMILES string of the molecule is CCC(CC)N(C)C(=O)C(C)(N)C(F)(F)F. The molecule has 0 fully saturated rings. The summed E-state index contributed by atoms with van der Waals surface area (Å²) in [5, 5.41) is 0. The number of alkyl halides is 3. The van der Waals surface area contributed by atoms with Gasteiger partial charge in [0.25, 0.3) is 5.91 Å². The van der Waals surface area contributed by atoms with Crippen LogP contribution in [0.5, 0.6) is 0 Å². The van der Waals surface area contributed by atoms with E-state index in [1.54, 1.807) is 0 Å². The lowest BCUT2D eigenvalue weighted by Crippen LogP contribution is -2.62. The van der Waals surface area contributed by atoms with Crippen molar-refractivity contribution in [1.82, 2.24) is 4.90 Å². The van der Waals surface area contributed by atoms with Gasteiger partial charge < -0.3 is 10.6 Å². The molecular formula is C10H19F3N2O. The van der Waals surface area contributed by atoms with Crippen LogP contribution in [-0.4, -0.2) is 35.6 Å². The van der Waals surface area contributed by atoms with Crippen LogP contribution >= 0.6 is 0 Å². The highest BCUT2D eigenvalue weighted by molar-refractivity contribution is 5.86. The summed E-state index contributed by atoms with van der Waals surface area (Å²) in [6.45, 7) is 4.34. The van der Waals surface area contributed by atoms with Crippen molar-refractivity contribution in [3.8, 4) is 0 Å². The monoisotopic (exact) mass is 240 g/mol. The van der Waals surface area contributed by atoms with E-state index in [0.717, 1.165) is 4.90 Å². The summed E-state index contributed by atoms with van der Waals surface area (Å²) in [7, 11) is 1.36. The Balaban J connectivity index is 4.93. The van der Waals surface area contributed by atoms with E-state index in [1.165, 1.54) is 7.05 Å². The van der Waals surface area contributed by atoms with E-state index in [-0.39, 0.29) is 6.04 Å². The molecule has 96 valence electrons. The van der Waals surface area contributed by atoms with Crippen LogP contribution in [0, 0.1) is 0 Å². The van der Waals surface area contributed by atoms with E-state index in [1.807, 2.05) is 13.8 Å². The molecule has 0 radical (unpaired) electrons. The van der Waals surface area contributed by atoms with Crippen LogP contribution in [0.1, 0.15) is 33.6 Å². The molecule has 0 bridgehead atoms. The largest absolute Gasteiger partial charge is 0.415 e. The average molecular weight is 240 g/mol. The minimum absolute atomic E-state index is 0.210. The maximum absolute atomic E-state index is 12.5. The third-order valence-corrected chi connectivity index (χ3v) is 2.84. The zero-order valence-corrected chi connectivity index (χ0v) is 10.1. The van der Waals surface area contributed by atoms with Crippen LogP contribution < -0.4 is 5.73 Å². The number of hydrogen-bond acceptors (Lipinski definition) is 2. The highest BCUT2D eigenvalue weighted by atomic mass is 19.4. The second-order valence-electron chi connectivity index (χ2n) is 4.09. The molecule has 16 heavy (non-hydrogen) atoms. The van der Waals surface area contributed by atoms with Gasteiger partial charge >= 0.3 is 6.18 Å². The van der Waals surface area contributed by atoms with Crippen molar-refractivity contribution in [2.45, 2.75) is 51.4 Å². The molecule has 0 rings (SSSR count). The lowest BCUT2D eigenvalue weighted by atomic mass is 9.99. The number of carbonyl (C=O) groups excluding carboxylic acids is 1. The summed E-state index contributed by atoms with van der Waals surface area (Å²) < 4.78 is 37.6. The van der Waals surface area contributed by atoms with Crippen molar-refractivity contribution in [2.75, 3.05) is 7.05 Å². The van der Waals surface area contributed by atoms with E-state index < -0.39 is 17.6 Å². The van der Waals surface area contributed by atoms with Crippen LogP contribution in [0.4, 0.5) is 13.2 Å². The molecule has 0 aliphatic heterocycles. The first-order valence-electron chi connectivity index (χ1n) is 5.22. The fourth-order valence-electron chi connectivity index (χ4n) is 1.49. The first kappa shape index (κ1) is 15.2. The molecule has 6 heteroatoms. The standard InChI is InChI=1S/C10H19F3N2O/c1-5-7(6-2)15(4)8(16)9(3,14)10(11,12)13/h7H,5-6,14H2,1-4H3. The van der Waals surface area contributed by atoms with Crippen LogP contribution in [0.15, 0.2) is 0 Å². The lowest BCUT2D eigenvalue weighted by molar-refractivity contribution is -0.194. The fourth-order valence-corrected chi connectivity index (χ4v) is 1.49. The van der Waals surface area contributed by atoms with Crippen LogP contribution in [0.3, 0.4) is 0 Å². The van der Waals surface area contributed by atoms with Gasteiger partial charge in [-0.1, -0.05) is 13.8 Å². The molecule has 0 aromatic rings. The lowest BCUT2D eigenvalue weighted by Gasteiger charge is -2.34. The molecule has 1 unspecified atom stereocenters. The first-order chi connectivity index (χ1) is 7.09. The van der Waals surface area contributed by atoms with Gasteiger partial charge in [0, 0.05) is 13.1 Å². The topological polar surface area (TPSA) is 46.3 Å². The molecule has 0 saturated heterocycles. The van der Waals surface area contributed by atoms with Crippen molar-refractivity contribution in [2.24, 2.45) is 5.73 Å². The zero-order chi connectivity index (χ0) is 13.1. The molecule has 0 spiro atoms. The van der Waals surface area contributed by atoms with Crippen LogP contribution in [0.2, 0.25) is 0 Å². The third-order valence-electron chi connectivity index (χ3n) is 2.84. The molecule has 0 aromatic heterocycles. The van der Waals surface area contributed by atoms with Crippen molar-refractivity contribution in [1.29, 1.82) is 0 Å². The van der Waals surface area contributed by atoms with Gasteiger partial charge in [0.1, 0.15) is 0 Å². The van der Waals surface area contributed by atoms with Gasteiger partial charge in [-0.25, -0.2) is 0 Å². The zero-order valence-electron chi connectivity index (χ0n) is 10.1. The smallest absolute Gasteiger partial charge is 0.341 e. The highest BCUT2D eigenvalue weighted by Gasteiger charge is 2.55. The molecule has 0 heterocycles. The quantitative estimate of drug-likeness (QED) is 0.816. The summed E-state index contributed by atoms with van der Waals surface area (Å²) in [6, 6.07) is -0.210. The molecule has 0 aliphatic rings. The Morgan fingerprint density at radius 2 is 1.69 bits per heavy atom. The predicted octanol–water partition coefficient (Wildman–Crippen LogP) is 1.91. The fraction of sp³-hybridized carbons (Fsp3) is 0.900. The number of hydrogen-bond donors (Lipinski definition) is 1. The number of likely N-dealkylation sites (N-methyl/N-ethyl adjacent to an activating group) is 1. The Hall–Kier alpha value is -0.780. The van der Waals surface area contributed by atoms with Crippen molar-refractivity contribution in [3.63, 3.8) is 0 Å². The minimum Gasteiger partial charge on any atom is -0.341 e. The Morgan fingerprint density at radius 3 is 1.94 bits per heavy atom. The third kappa shape index (κ3) is 2.87. The summed E-state index contributed by atoms with van der Waals surface area (Å²) in [5.74, 6) is -1.09.